The molecule has 0 fully saturated rings. The summed E-state index contributed by atoms with van der Waals surface area (Å²) < 4.78 is 35.7. The molecule has 1 amide bonds. The van der Waals surface area contributed by atoms with Crippen molar-refractivity contribution < 1.29 is 18.0 Å². The van der Waals surface area contributed by atoms with Gasteiger partial charge in [0, 0.05) is 0 Å². The van der Waals surface area contributed by atoms with Crippen LogP contribution in [0, 0.1) is 0 Å². The summed E-state index contributed by atoms with van der Waals surface area (Å²) in [5.74, 6) is -0.811. The number of hydrogen-bond acceptors (Lipinski definition) is 2. The second-order valence-corrected chi connectivity index (χ2v) is 3.35. The van der Waals surface area contributed by atoms with Crippen molar-refractivity contribution in [2.24, 2.45) is 5.73 Å². The molecule has 0 aliphatic rings. The van der Waals surface area contributed by atoms with E-state index in [0.29, 0.717) is 0 Å². The van der Waals surface area contributed by atoms with Gasteiger partial charge in [-0.05, 0) is 17.0 Å². The molecule has 72 valence electrons. The lowest BCUT2D eigenvalue weighted by molar-refractivity contribution is -0.127. The van der Waals surface area contributed by atoms with E-state index in [-0.39, 0.29) is 10.4 Å². The van der Waals surface area contributed by atoms with Crippen LogP contribution in [-0.2, 0) is 6.42 Å². The maximum absolute atomic E-state index is 11.9. The normalized spacial score (nSPS) is 11.6. The number of alkyl halides is 3. The Morgan fingerprint density at radius 3 is 2.62 bits per heavy atom. The molecule has 0 unspecified atom stereocenters. The van der Waals surface area contributed by atoms with Crippen LogP contribution in [0.2, 0.25) is 0 Å². The molecule has 1 aromatic heterocycles. The second-order valence-electron chi connectivity index (χ2n) is 2.43. The van der Waals surface area contributed by atoms with Crippen molar-refractivity contribution in [3.05, 3.63) is 21.9 Å². The Balaban J connectivity index is 2.89. The van der Waals surface area contributed by atoms with Crippen LogP contribution in [0.25, 0.3) is 0 Å². The highest BCUT2D eigenvalue weighted by molar-refractivity contribution is 7.12. The molecule has 1 heterocycles. The minimum Gasteiger partial charge on any atom is -0.365 e. The first-order chi connectivity index (χ1) is 5.90. The molecule has 2 N–H and O–H groups in total. The van der Waals surface area contributed by atoms with Gasteiger partial charge in [-0.2, -0.15) is 13.2 Å². The number of hydrogen-bond donors (Lipinski definition) is 1. The molecule has 0 aromatic carbocycles. The van der Waals surface area contributed by atoms with E-state index in [4.69, 9.17) is 5.73 Å². The lowest BCUT2D eigenvalue weighted by atomic mass is 10.2. The Morgan fingerprint density at radius 1 is 1.54 bits per heavy atom. The van der Waals surface area contributed by atoms with Gasteiger partial charge >= 0.3 is 6.18 Å². The molecular formula is C7H6F3NOS. The number of rotatable bonds is 2. The van der Waals surface area contributed by atoms with Gasteiger partial charge in [0.1, 0.15) is 0 Å². The summed E-state index contributed by atoms with van der Waals surface area (Å²) in [5.41, 5.74) is 4.83. The van der Waals surface area contributed by atoms with Gasteiger partial charge in [-0.15, -0.1) is 11.3 Å². The van der Waals surface area contributed by atoms with Gasteiger partial charge in [0.25, 0.3) is 5.91 Å². The molecule has 6 heteroatoms. The molecule has 1 aromatic rings. The summed E-state index contributed by atoms with van der Waals surface area (Å²) in [4.78, 5) is 10.6. The third-order valence-electron chi connectivity index (χ3n) is 1.36. The molecule has 0 saturated heterocycles. The minimum atomic E-state index is -4.30. The highest BCUT2D eigenvalue weighted by Gasteiger charge is 2.29. The van der Waals surface area contributed by atoms with Crippen LogP contribution in [-0.4, -0.2) is 12.1 Å². The van der Waals surface area contributed by atoms with Gasteiger partial charge in [0.2, 0.25) is 0 Å². The van der Waals surface area contributed by atoms with Crippen molar-refractivity contribution in [1.29, 1.82) is 0 Å². The Morgan fingerprint density at radius 2 is 2.15 bits per heavy atom. The Kier molecular flexibility index (Phi) is 2.60. The first-order valence-electron chi connectivity index (χ1n) is 3.33. The third kappa shape index (κ3) is 2.73. The average molecular weight is 209 g/mol. The Labute approximate surface area is 76.2 Å². The maximum atomic E-state index is 11.9. The predicted octanol–water partition coefficient (Wildman–Crippen LogP) is 1.95. The second kappa shape index (κ2) is 3.37. The van der Waals surface area contributed by atoms with Crippen LogP contribution < -0.4 is 5.73 Å². The number of primary amides is 1. The van der Waals surface area contributed by atoms with Crippen molar-refractivity contribution in [3.8, 4) is 0 Å². The van der Waals surface area contributed by atoms with Gasteiger partial charge in [-0.25, -0.2) is 0 Å². The maximum Gasteiger partial charge on any atom is 0.393 e. The monoisotopic (exact) mass is 209 g/mol. The minimum absolute atomic E-state index is 0.0164. The largest absolute Gasteiger partial charge is 0.393 e. The molecule has 0 bridgehead atoms. The molecule has 0 spiro atoms. The molecule has 0 radical (unpaired) electrons. The molecule has 0 saturated carbocycles. The predicted molar refractivity (Wildman–Crippen MR) is 42.6 cm³/mol. The SMILES string of the molecule is NC(=O)c1sccc1CC(F)(F)F. The number of carbonyl (C=O) groups is 1. The van der Waals surface area contributed by atoms with E-state index in [1.165, 1.54) is 11.4 Å². The molecule has 0 aliphatic heterocycles. The summed E-state index contributed by atoms with van der Waals surface area (Å²) in [5, 5.41) is 1.42. The van der Waals surface area contributed by atoms with Crippen LogP contribution in [0.1, 0.15) is 15.2 Å². The zero-order chi connectivity index (χ0) is 10.1. The summed E-state index contributed by atoms with van der Waals surface area (Å²) in [6, 6.07) is 1.26. The molecular weight excluding hydrogens is 203 g/mol. The van der Waals surface area contributed by atoms with E-state index < -0.39 is 18.5 Å². The molecule has 0 aliphatic carbocycles. The van der Waals surface area contributed by atoms with Crippen molar-refractivity contribution in [2.75, 3.05) is 0 Å². The molecule has 0 atom stereocenters. The third-order valence-corrected chi connectivity index (χ3v) is 2.33. The zero-order valence-electron chi connectivity index (χ0n) is 6.39. The van der Waals surface area contributed by atoms with Gasteiger partial charge in [0.05, 0.1) is 11.3 Å². The first-order valence-corrected chi connectivity index (χ1v) is 4.21. The topological polar surface area (TPSA) is 43.1 Å². The zero-order valence-corrected chi connectivity index (χ0v) is 7.21. The smallest absolute Gasteiger partial charge is 0.365 e. The lowest BCUT2D eigenvalue weighted by Crippen LogP contribution is -2.16. The van der Waals surface area contributed by atoms with Crippen LogP contribution in [0.3, 0.4) is 0 Å². The number of carbonyl (C=O) groups excluding carboxylic acids is 1. The van der Waals surface area contributed by atoms with Crippen molar-refractivity contribution in [3.63, 3.8) is 0 Å². The van der Waals surface area contributed by atoms with Crippen molar-refractivity contribution >= 4 is 17.2 Å². The van der Waals surface area contributed by atoms with E-state index in [2.05, 4.69) is 0 Å². The van der Waals surface area contributed by atoms with Gasteiger partial charge in [-0.3, -0.25) is 4.79 Å². The molecule has 1 rings (SSSR count). The van der Waals surface area contributed by atoms with Crippen LogP contribution in [0.15, 0.2) is 11.4 Å². The fraction of sp³-hybridized carbons (Fsp3) is 0.286. The highest BCUT2D eigenvalue weighted by atomic mass is 32.1. The average Bonchev–Trinajstić information content (AvgIpc) is 2.31. The van der Waals surface area contributed by atoms with E-state index in [1.807, 2.05) is 0 Å². The van der Waals surface area contributed by atoms with Crippen molar-refractivity contribution in [1.82, 2.24) is 0 Å². The number of amides is 1. The van der Waals surface area contributed by atoms with Gasteiger partial charge in [0.15, 0.2) is 0 Å². The summed E-state index contributed by atoms with van der Waals surface area (Å²) in [6.07, 6.45) is -5.40. The quantitative estimate of drug-likeness (QED) is 0.794. The standard InChI is InChI=1S/C7H6F3NOS/c8-7(9,10)3-4-1-2-13-5(4)6(11)12/h1-2H,3H2,(H2,11,12). The summed E-state index contributed by atoms with van der Waals surface area (Å²) in [7, 11) is 0. The van der Waals surface area contributed by atoms with Crippen LogP contribution in [0.4, 0.5) is 13.2 Å². The van der Waals surface area contributed by atoms with Gasteiger partial charge < -0.3 is 5.73 Å². The molecule has 13 heavy (non-hydrogen) atoms. The molecule has 2 nitrogen and oxygen atoms in total. The first kappa shape index (κ1) is 10.0. The van der Waals surface area contributed by atoms with E-state index in [9.17, 15) is 18.0 Å². The summed E-state index contributed by atoms with van der Waals surface area (Å²) >= 11 is 0.924. The number of nitrogens with two attached hydrogens (primary N) is 1. The fourth-order valence-electron chi connectivity index (χ4n) is 0.907. The number of thiophene rings is 1. The Hall–Kier alpha value is -1.04. The van der Waals surface area contributed by atoms with E-state index in [1.54, 1.807) is 0 Å². The van der Waals surface area contributed by atoms with Gasteiger partial charge in [-0.1, -0.05) is 0 Å². The van der Waals surface area contributed by atoms with Crippen LogP contribution in [0.5, 0.6) is 0 Å². The number of halogens is 3. The summed E-state index contributed by atoms with van der Waals surface area (Å²) in [6.45, 7) is 0. The van der Waals surface area contributed by atoms with Crippen LogP contribution >= 0.6 is 11.3 Å². The van der Waals surface area contributed by atoms with Crippen molar-refractivity contribution in [2.45, 2.75) is 12.6 Å². The Bertz CT molecular complexity index is 318. The highest BCUT2D eigenvalue weighted by Crippen LogP contribution is 2.25. The fourth-order valence-corrected chi connectivity index (χ4v) is 1.68. The van der Waals surface area contributed by atoms with E-state index >= 15 is 0 Å². The lowest BCUT2D eigenvalue weighted by Gasteiger charge is -2.04. The van der Waals surface area contributed by atoms with E-state index in [0.717, 1.165) is 11.3 Å².